The van der Waals surface area contributed by atoms with Gasteiger partial charge in [0.15, 0.2) is 23.0 Å². The van der Waals surface area contributed by atoms with E-state index < -0.39 is 0 Å². The van der Waals surface area contributed by atoms with E-state index in [1.165, 1.54) is 6.33 Å². The Morgan fingerprint density at radius 1 is 1.19 bits per heavy atom. The van der Waals surface area contributed by atoms with Gasteiger partial charge in [0, 0.05) is 41.1 Å². The second-order valence-electron chi connectivity index (χ2n) is 7.70. The molecule has 2 aliphatic rings. The van der Waals surface area contributed by atoms with Gasteiger partial charge in [0.2, 0.25) is 0 Å². The van der Waals surface area contributed by atoms with Crippen LogP contribution in [0.25, 0.3) is 0 Å². The van der Waals surface area contributed by atoms with E-state index in [4.69, 9.17) is 14.2 Å². The maximum atomic E-state index is 6.24. The Hall–Kier alpha value is -3.17. The van der Waals surface area contributed by atoms with Gasteiger partial charge in [0.1, 0.15) is 18.2 Å². The van der Waals surface area contributed by atoms with E-state index in [9.17, 15) is 0 Å². The van der Waals surface area contributed by atoms with Crippen molar-refractivity contribution in [1.82, 2.24) is 14.9 Å². The summed E-state index contributed by atoms with van der Waals surface area (Å²) in [4.78, 5) is 15.5. The summed E-state index contributed by atoms with van der Waals surface area (Å²) in [5.41, 5.74) is 2.16. The molecule has 164 valence electrons. The third-order valence-corrected chi connectivity index (χ3v) is 5.85. The number of likely N-dealkylation sites (tertiary alicyclic amines) is 1. The summed E-state index contributed by atoms with van der Waals surface area (Å²) in [6.45, 7) is 1.90. The molecule has 0 amide bonds. The zero-order valence-corrected chi connectivity index (χ0v) is 19.3. The van der Waals surface area contributed by atoms with Gasteiger partial charge in [0.25, 0.3) is 5.88 Å². The van der Waals surface area contributed by atoms with Crippen LogP contribution in [0.3, 0.4) is 0 Å². The van der Waals surface area contributed by atoms with Crippen LogP contribution in [0.5, 0.6) is 23.1 Å². The van der Waals surface area contributed by atoms with Crippen molar-refractivity contribution >= 4 is 39.3 Å². The molecular formula is C23H22BrN5O3. The number of anilines is 2. The number of aliphatic imine (C=N–C) groups is 1. The number of likely N-dealkylation sites (N-methyl/N-ethyl adjacent to an activating group) is 1. The van der Waals surface area contributed by atoms with Crippen LogP contribution >= 0.6 is 15.9 Å². The number of methoxy groups -OCH3 is 1. The highest BCUT2D eigenvalue weighted by atomic mass is 79.9. The van der Waals surface area contributed by atoms with E-state index >= 15 is 0 Å². The lowest BCUT2D eigenvalue weighted by molar-refractivity contribution is 0.199. The molecule has 1 fully saturated rings. The fourth-order valence-electron chi connectivity index (χ4n) is 3.75. The van der Waals surface area contributed by atoms with E-state index in [2.05, 4.69) is 48.2 Å². The molecule has 0 spiro atoms. The SMILES string of the molecule is COc1cc2c(cc1OC1CCN(C)C1)C=Nc1c(Nc3cccc(Br)c3)ncnc1O2. The minimum Gasteiger partial charge on any atom is -0.493 e. The fourth-order valence-corrected chi connectivity index (χ4v) is 4.15. The molecular weight excluding hydrogens is 474 g/mol. The Balaban J connectivity index is 1.47. The molecule has 9 heteroatoms. The van der Waals surface area contributed by atoms with E-state index in [0.29, 0.717) is 34.6 Å². The Morgan fingerprint density at radius 3 is 2.88 bits per heavy atom. The fraction of sp³-hybridized carbons (Fsp3) is 0.261. The summed E-state index contributed by atoms with van der Waals surface area (Å²) in [5.74, 6) is 2.78. The number of benzene rings is 2. The number of hydrogen-bond acceptors (Lipinski definition) is 8. The summed E-state index contributed by atoms with van der Waals surface area (Å²) in [7, 11) is 3.71. The minimum atomic E-state index is 0.125. The molecule has 2 aromatic carbocycles. The number of aromatic nitrogens is 2. The zero-order valence-electron chi connectivity index (χ0n) is 17.7. The molecule has 1 unspecified atom stereocenters. The molecule has 1 atom stereocenters. The van der Waals surface area contributed by atoms with Crippen molar-refractivity contribution in [3.8, 4) is 23.1 Å². The van der Waals surface area contributed by atoms with Gasteiger partial charge < -0.3 is 24.4 Å². The van der Waals surface area contributed by atoms with Crippen molar-refractivity contribution in [3.05, 3.63) is 52.8 Å². The van der Waals surface area contributed by atoms with Crippen LogP contribution in [0.1, 0.15) is 12.0 Å². The van der Waals surface area contributed by atoms with Gasteiger partial charge in [0.05, 0.1) is 7.11 Å². The lowest BCUT2D eigenvalue weighted by Crippen LogP contribution is -2.21. The number of ether oxygens (including phenoxy) is 3. The normalized spacial score (nSPS) is 17.2. The number of nitrogens with zero attached hydrogens (tertiary/aromatic N) is 4. The van der Waals surface area contributed by atoms with Gasteiger partial charge in [-0.05, 0) is 37.7 Å². The third-order valence-electron chi connectivity index (χ3n) is 5.35. The first-order valence-corrected chi connectivity index (χ1v) is 11.0. The predicted molar refractivity (Wildman–Crippen MR) is 126 cm³/mol. The number of fused-ring (bicyclic) bond motifs is 2. The average Bonchev–Trinajstić information content (AvgIpc) is 3.09. The molecule has 32 heavy (non-hydrogen) atoms. The summed E-state index contributed by atoms with van der Waals surface area (Å²) in [6, 6.07) is 11.5. The van der Waals surface area contributed by atoms with Crippen molar-refractivity contribution in [2.75, 3.05) is 32.6 Å². The first-order chi connectivity index (χ1) is 15.6. The molecule has 8 nitrogen and oxygen atoms in total. The molecule has 0 bridgehead atoms. The number of hydrogen-bond donors (Lipinski definition) is 1. The summed E-state index contributed by atoms with van der Waals surface area (Å²) in [6.07, 6.45) is 4.29. The molecule has 3 heterocycles. The molecule has 0 saturated carbocycles. The standard InChI is InChI=1S/C23H22BrN5O3/c1-29-7-6-17(12-29)31-20-8-14-11-25-21-22(28-16-5-3-4-15(24)9-16)26-13-27-23(21)32-18(14)10-19(20)30-2/h3-5,8-11,13,17H,6-7,12H2,1-2H3,(H,26,27,28). The molecule has 2 aliphatic heterocycles. The van der Waals surface area contributed by atoms with E-state index in [1.54, 1.807) is 13.3 Å². The minimum absolute atomic E-state index is 0.125. The molecule has 0 radical (unpaired) electrons. The highest BCUT2D eigenvalue weighted by Gasteiger charge is 2.25. The van der Waals surface area contributed by atoms with Gasteiger partial charge in [-0.25, -0.2) is 9.98 Å². The maximum absolute atomic E-state index is 6.24. The van der Waals surface area contributed by atoms with Crippen molar-refractivity contribution in [1.29, 1.82) is 0 Å². The molecule has 1 aromatic heterocycles. The van der Waals surface area contributed by atoms with Crippen molar-refractivity contribution in [2.45, 2.75) is 12.5 Å². The Labute approximate surface area is 194 Å². The molecule has 1 N–H and O–H groups in total. The molecule has 5 rings (SSSR count). The number of nitrogens with one attached hydrogen (secondary N) is 1. The zero-order chi connectivity index (χ0) is 22.1. The maximum Gasteiger partial charge on any atom is 0.250 e. The summed E-state index contributed by atoms with van der Waals surface area (Å²) in [5, 5.41) is 3.28. The van der Waals surface area contributed by atoms with Crippen LogP contribution in [-0.4, -0.2) is 54.4 Å². The Morgan fingerprint density at radius 2 is 2.09 bits per heavy atom. The van der Waals surface area contributed by atoms with E-state index in [-0.39, 0.29) is 6.10 Å². The highest BCUT2D eigenvalue weighted by Crippen LogP contribution is 2.43. The van der Waals surface area contributed by atoms with Crippen LogP contribution in [0.4, 0.5) is 17.2 Å². The molecule has 1 saturated heterocycles. The van der Waals surface area contributed by atoms with Crippen molar-refractivity contribution in [2.24, 2.45) is 4.99 Å². The second-order valence-corrected chi connectivity index (χ2v) is 8.62. The van der Waals surface area contributed by atoms with E-state index in [1.807, 2.05) is 36.4 Å². The number of rotatable bonds is 5. The quantitative estimate of drug-likeness (QED) is 0.420. The van der Waals surface area contributed by atoms with Crippen LogP contribution in [0.15, 0.2) is 52.2 Å². The second kappa shape index (κ2) is 8.76. The van der Waals surface area contributed by atoms with Crippen LogP contribution in [0, 0.1) is 0 Å². The Kier molecular flexibility index (Phi) is 5.67. The van der Waals surface area contributed by atoms with Crippen molar-refractivity contribution < 1.29 is 14.2 Å². The lowest BCUT2D eigenvalue weighted by Gasteiger charge is -2.18. The van der Waals surface area contributed by atoms with Gasteiger partial charge >= 0.3 is 0 Å². The average molecular weight is 496 g/mol. The third kappa shape index (κ3) is 4.26. The van der Waals surface area contributed by atoms with Crippen molar-refractivity contribution in [3.63, 3.8) is 0 Å². The molecule has 0 aliphatic carbocycles. The topological polar surface area (TPSA) is 81.1 Å². The van der Waals surface area contributed by atoms with Gasteiger partial charge in [-0.1, -0.05) is 22.0 Å². The summed E-state index contributed by atoms with van der Waals surface area (Å²) >= 11 is 3.48. The van der Waals surface area contributed by atoms with Crippen LogP contribution in [0.2, 0.25) is 0 Å². The first-order valence-electron chi connectivity index (χ1n) is 10.3. The highest BCUT2D eigenvalue weighted by molar-refractivity contribution is 9.10. The largest absolute Gasteiger partial charge is 0.493 e. The van der Waals surface area contributed by atoms with Gasteiger partial charge in [-0.15, -0.1) is 0 Å². The monoisotopic (exact) mass is 495 g/mol. The lowest BCUT2D eigenvalue weighted by atomic mass is 10.2. The van der Waals surface area contributed by atoms with E-state index in [0.717, 1.165) is 35.2 Å². The predicted octanol–water partition coefficient (Wildman–Crippen LogP) is 4.93. The van der Waals surface area contributed by atoms with Crippen LogP contribution < -0.4 is 19.5 Å². The first kappa shape index (κ1) is 20.7. The van der Waals surface area contributed by atoms with Gasteiger partial charge in [-0.3, -0.25) is 0 Å². The Bertz CT molecular complexity index is 1190. The summed E-state index contributed by atoms with van der Waals surface area (Å²) < 4.78 is 18.9. The van der Waals surface area contributed by atoms with Gasteiger partial charge in [-0.2, -0.15) is 4.98 Å². The van der Waals surface area contributed by atoms with Crippen LogP contribution in [-0.2, 0) is 0 Å². The number of halogens is 1. The molecule has 3 aromatic rings. The smallest absolute Gasteiger partial charge is 0.250 e.